The molecule has 0 bridgehead atoms. The van der Waals surface area contributed by atoms with Crippen molar-refractivity contribution >= 4 is 28.5 Å². The SMILES string of the molecule is CCOc1ccccc1Oc1c(C)oc2cc(OC(=O)CCc3cc(Cl)no3)ccc2c1=O. The minimum Gasteiger partial charge on any atom is -0.490 e. The van der Waals surface area contributed by atoms with Crippen LogP contribution in [-0.4, -0.2) is 17.7 Å². The van der Waals surface area contributed by atoms with Crippen LogP contribution in [0.15, 0.2) is 62.3 Å². The molecular weight excluding hydrogens is 450 g/mol. The lowest BCUT2D eigenvalue weighted by Crippen LogP contribution is -2.10. The number of aromatic nitrogens is 1. The third-order valence-corrected chi connectivity index (χ3v) is 4.86. The van der Waals surface area contributed by atoms with Gasteiger partial charge >= 0.3 is 5.97 Å². The molecule has 2 aromatic carbocycles. The Hall–Kier alpha value is -3.78. The van der Waals surface area contributed by atoms with Crippen molar-refractivity contribution in [3.05, 3.63) is 75.4 Å². The summed E-state index contributed by atoms with van der Waals surface area (Å²) in [4.78, 5) is 25.2. The first-order valence-electron chi connectivity index (χ1n) is 10.2. The Morgan fingerprint density at radius 1 is 1.12 bits per heavy atom. The van der Waals surface area contributed by atoms with E-state index in [1.54, 1.807) is 25.1 Å². The molecule has 8 nitrogen and oxygen atoms in total. The molecule has 0 saturated heterocycles. The summed E-state index contributed by atoms with van der Waals surface area (Å²) in [5, 5.41) is 4.07. The fourth-order valence-electron chi connectivity index (χ4n) is 3.18. The number of hydrogen-bond donors (Lipinski definition) is 0. The van der Waals surface area contributed by atoms with Gasteiger partial charge in [0, 0.05) is 18.6 Å². The highest BCUT2D eigenvalue weighted by Crippen LogP contribution is 2.33. The van der Waals surface area contributed by atoms with Crippen molar-refractivity contribution in [2.24, 2.45) is 0 Å². The van der Waals surface area contributed by atoms with Gasteiger partial charge in [-0.3, -0.25) is 9.59 Å². The molecule has 0 saturated carbocycles. The fraction of sp³-hybridized carbons (Fsp3) is 0.208. The molecule has 0 unspecified atom stereocenters. The molecule has 0 amide bonds. The average molecular weight is 470 g/mol. The van der Waals surface area contributed by atoms with Gasteiger partial charge in [-0.15, -0.1) is 0 Å². The zero-order valence-corrected chi connectivity index (χ0v) is 18.7. The molecule has 4 aromatic rings. The largest absolute Gasteiger partial charge is 0.490 e. The number of halogens is 1. The molecule has 33 heavy (non-hydrogen) atoms. The van der Waals surface area contributed by atoms with Crippen molar-refractivity contribution < 1.29 is 27.9 Å². The fourth-order valence-corrected chi connectivity index (χ4v) is 3.34. The summed E-state index contributed by atoms with van der Waals surface area (Å²) in [5.74, 6) is 1.53. The second-order valence-electron chi connectivity index (χ2n) is 7.05. The maximum Gasteiger partial charge on any atom is 0.311 e. The standard InChI is InChI=1S/C24H20ClNO7/c1-3-29-18-6-4-5-7-19(18)32-24-14(2)30-20-12-15(8-10-17(20)23(24)28)31-22(27)11-9-16-13-21(25)26-33-16/h4-8,10,12-13H,3,9,11H2,1-2H3. The molecule has 0 radical (unpaired) electrons. The first-order valence-corrected chi connectivity index (χ1v) is 10.6. The molecule has 0 atom stereocenters. The molecule has 2 aromatic heterocycles. The maximum absolute atomic E-state index is 13.1. The van der Waals surface area contributed by atoms with Crippen LogP contribution >= 0.6 is 11.6 Å². The predicted octanol–water partition coefficient (Wildman–Crippen LogP) is 5.47. The minimum absolute atomic E-state index is 0.0603. The van der Waals surface area contributed by atoms with Crippen LogP contribution in [0.2, 0.25) is 5.15 Å². The van der Waals surface area contributed by atoms with Gasteiger partial charge in [-0.05, 0) is 38.1 Å². The van der Waals surface area contributed by atoms with Crippen molar-refractivity contribution in [3.63, 3.8) is 0 Å². The van der Waals surface area contributed by atoms with E-state index in [1.165, 1.54) is 24.3 Å². The Morgan fingerprint density at radius 3 is 2.64 bits per heavy atom. The summed E-state index contributed by atoms with van der Waals surface area (Å²) in [6, 6.07) is 13.2. The molecule has 0 aliphatic heterocycles. The van der Waals surface area contributed by atoms with E-state index in [0.29, 0.717) is 35.7 Å². The van der Waals surface area contributed by atoms with Crippen molar-refractivity contribution in [3.8, 4) is 23.0 Å². The first kappa shape index (κ1) is 22.4. The summed E-state index contributed by atoms with van der Waals surface area (Å²) >= 11 is 5.69. The number of aryl methyl sites for hydroxylation is 2. The van der Waals surface area contributed by atoms with Crippen LogP contribution in [0, 0.1) is 6.92 Å². The van der Waals surface area contributed by atoms with E-state index in [0.717, 1.165) is 0 Å². The van der Waals surface area contributed by atoms with Crippen molar-refractivity contribution in [1.29, 1.82) is 0 Å². The highest BCUT2D eigenvalue weighted by Gasteiger charge is 2.17. The van der Waals surface area contributed by atoms with Gasteiger partial charge in [0.15, 0.2) is 16.7 Å². The Balaban J connectivity index is 1.53. The maximum atomic E-state index is 13.1. The van der Waals surface area contributed by atoms with Crippen LogP contribution < -0.4 is 19.6 Å². The van der Waals surface area contributed by atoms with E-state index in [-0.39, 0.29) is 39.8 Å². The van der Waals surface area contributed by atoms with Crippen molar-refractivity contribution in [2.75, 3.05) is 6.61 Å². The molecule has 170 valence electrons. The number of rotatable bonds is 8. The lowest BCUT2D eigenvalue weighted by atomic mass is 10.2. The topological polar surface area (TPSA) is 101 Å². The number of nitrogens with zero attached hydrogens (tertiary/aromatic N) is 1. The Bertz CT molecular complexity index is 1360. The van der Waals surface area contributed by atoms with Gasteiger partial charge in [0.25, 0.3) is 0 Å². The monoisotopic (exact) mass is 469 g/mol. The summed E-state index contributed by atoms with van der Waals surface area (Å²) < 4.78 is 27.5. The number of ether oxygens (including phenoxy) is 3. The van der Waals surface area contributed by atoms with Gasteiger partial charge in [-0.25, -0.2) is 0 Å². The molecule has 0 spiro atoms. The number of esters is 1. The molecule has 0 fully saturated rings. The van der Waals surface area contributed by atoms with E-state index in [1.807, 2.05) is 13.0 Å². The van der Waals surface area contributed by atoms with E-state index in [2.05, 4.69) is 5.16 Å². The number of carbonyl (C=O) groups excluding carboxylic acids is 1. The van der Waals surface area contributed by atoms with Gasteiger partial charge in [-0.1, -0.05) is 28.9 Å². The van der Waals surface area contributed by atoms with E-state index in [4.69, 9.17) is 34.8 Å². The van der Waals surface area contributed by atoms with Crippen LogP contribution in [0.3, 0.4) is 0 Å². The van der Waals surface area contributed by atoms with Gasteiger partial charge in [0.05, 0.1) is 18.4 Å². The average Bonchev–Trinajstić information content (AvgIpc) is 3.21. The predicted molar refractivity (Wildman–Crippen MR) is 120 cm³/mol. The quantitative estimate of drug-likeness (QED) is 0.247. The highest BCUT2D eigenvalue weighted by atomic mass is 35.5. The first-order chi connectivity index (χ1) is 15.9. The normalized spacial score (nSPS) is 10.9. The zero-order valence-electron chi connectivity index (χ0n) is 17.9. The molecule has 0 aliphatic carbocycles. The third-order valence-electron chi connectivity index (χ3n) is 4.69. The molecule has 9 heteroatoms. The Kier molecular flexibility index (Phi) is 6.65. The van der Waals surface area contributed by atoms with Crippen molar-refractivity contribution in [2.45, 2.75) is 26.7 Å². The summed E-state index contributed by atoms with van der Waals surface area (Å²) in [6.07, 6.45) is 0.364. The third kappa shape index (κ3) is 5.18. The number of benzene rings is 2. The summed E-state index contributed by atoms with van der Waals surface area (Å²) in [5.41, 5.74) is -0.0737. The minimum atomic E-state index is -0.478. The van der Waals surface area contributed by atoms with Crippen LogP contribution in [0.25, 0.3) is 11.0 Å². The van der Waals surface area contributed by atoms with Gasteiger partial charge in [-0.2, -0.15) is 0 Å². The van der Waals surface area contributed by atoms with E-state index >= 15 is 0 Å². The summed E-state index contributed by atoms with van der Waals surface area (Å²) in [7, 11) is 0. The van der Waals surface area contributed by atoms with Crippen molar-refractivity contribution in [1.82, 2.24) is 5.16 Å². The van der Waals surface area contributed by atoms with E-state index < -0.39 is 5.97 Å². The van der Waals surface area contributed by atoms with E-state index in [9.17, 15) is 9.59 Å². The van der Waals surface area contributed by atoms with Crippen LogP contribution in [0.5, 0.6) is 23.0 Å². The molecule has 0 aliphatic rings. The number of fused-ring (bicyclic) bond motifs is 1. The van der Waals surface area contributed by atoms with Gasteiger partial charge in [0.1, 0.15) is 22.9 Å². The lowest BCUT2D eigenvalue weighted by molar-refractivity contribution is -0.134. The number of carbonyl (C=O) groups is 1. The molecule has 4 rings (SSSR count). The highest BCUT2D eigenvalue weighted by molar-refractivity contribution is 6.29. The van der Waals surface area contributed by atoms with Gasteiger partial charge in [0.2, 0.25) is 11.2 Å². The van der Waals surface area contributed by atoms with Gasteiger partial charge < -0.3 is 23.2 Å². The number of para-hydroxylation sites is 2. The Labute approximate surface area is 193 Å². The van der Waals surface area contributed by atoms with Crippen LogP contribution in [0.1, 0.15) is 24.9 Å². The zero-order chi connectivity index (χ0) is 23.4. The second-order valence-corrected chi connectivity index (χ2v) is 7.43. The Morgan fingerprint density at radius 2 is 1.91 bits per heavy atom. The number of hydrogen-bond acceptors (Lipinski definition) is 8. The summed E-state index contributed by atoms with van der Waals surface area (Å²) in [6.45, 7) is 3.95. The van der Waals surface area contributed by atoms with Crippen LogP contribution in [0.4, 0.5) is 0 Å². The molecular formula is C24H20ClNO7. The lowest BCUT2D eigenvalue weighted by Gasteiger charge is -2.13. The molecule has 0 N–H and O–H groups in total. The van der Waals surface area contributed by atoms with Crippen LogP contribution in [-0.2, 0) is 11.2 Å². The molecule has 2 heterocycles. The second kappa shape index (κ2) is 9.79. The smallest absolute Gasteiger partial charge is 0.311 e.